The molecule has 1 amide bonds. The largest absolute Gasteiger partial charge is 0.385 e. The zero-order valence-electron chi connectivity index (χ0n) is 8.05. The number of aryl methyl sites for hydroxylation is 1. The molecule has 74 valence electrons. The van der Waals surface area contributed by atoms with Gasteiger partial charge in [-0.05, 0) is 24.0 Å². The molecule has 2 rings (SSSR count). The SMILES string of the molecule is NC(=O)Cc1cccc2c1NCCC2. The Morgan fingerprint density at radius 2 is 2.36 bits per heavy atom. The average molecular weight is 190 g/mol. The molecule has 3 N–H and O–H groups in total. The van der Waals surface area contributed by atoms with Crippen LogP contribution in [0.25, 0.3) is 0 Å². The van der Waals surface area contributed by atoms with Crippen molar-refractivity contribution in [2.75, 3.05) is 11.9 Å². The molecule has 1 aromatic carbocycles. The number of nitrogens with one attached hydrogen (secondary N) is 1. The van der Waals surface area contributed by atoms with Gasteiger partial charge >= 0.3 is 0 Å². The molecule has 0 fully saturated rings. The van der Waals surface area contributed by atoms with Gasteiger partial charge in [0.25, 0.3) is 0 Å². The second kappa shape index (κ2) is 3.70. The van der Waals surface area contributed by atoms with E-state index in [2.05, 4.69) is 11.4 Å². The summed E-state index contributed by atoms with van der Waals surface area (Å²) in [5.41, 5.74) is 8.64. The summed E-state index contributed by atoms with van der Waals surface area (Å²) in [6.07, 6.45) is 2.58. The molecule has 0 saturated carbocycles. The molecule has 14 heavy (non-hydrogen) atoms. The molecule has 0 bridgehead atoms. The average Bonchev–Trinajstić information content (AvgIpc) is 2.18. The Balaban J connectivity index is 2.35. The lowest BCUT2D eigenvalue weighted by Crippen LogP contribution is -2.18. The Morgan fingerprint density at radius 3 is 3.14 bits per heavy atom. The van der Waals surface area contributed by atoms with Gasteiger partial charge in [0.15, 0.2) is 0 Å². The Hall–Kier alpha value is -1.51. The van der Waals surface area contributed by atoms with E-state index < -0.39 is 0 Å². The van der Waals surface area contributed by atoms with Crippen LogP contribution in [0, 0.1) is 0 Å². The number of carbonyl (C=O) groups excluding carboxylic acids is 1. The van der Waals surface area contributed by atoms with Gasteiger partial charge in [0.2, 0.25) is 5.91 Å². The molecule has 1 aliphatic heterocycles. The van der Waals surface area contributed by atoms with Crippen LogP contribution in [0.4, 0.5) is 5.69 Å². The second-order valence-electron chi connectivity index (χ2n) is 3.62. The molecule has 0 radical (unpaired) electrons. The van der Waals surface area contributed by atoms with Crippen LogP contribution in [0.2, 0.25) is 0 Å². The predicted octanol–water partition coefficient (Wildman–Crippen LogP) is 1.07. The van der Waals surface area contributed by atoms with E-state index in [0.717, 1.165) is 30.6 Å². The number of amides is 1. The van der Waals surface area contributed by atoms with E-state index in [4.69, 9.17) is 5.73 Å². The molecule has 3 nitrogen and oxygen atoms in total. The molecular formula is C11H14N2O. The smallest absolute Gasteiger partial charge is 0.221 e. The van der Waals surface area contributed by atoms with E-state index >= 15 is 0 Å². The van der Waals surface area contributed by atoms with Crippen molar-refractivity contribution in [2.24, 2.45) is 5.73 Å². The molecule has 1 aliphatic rings. The normalized spacial score (nSPS) is 14.3. The number of carbonyl (C=O) groups is 1. The highest BCUT2D eigenvalue weighted by Crippen LogP contribution is 2.26. The number of fused-ring (bicyclic) bond motifs is 1. The Labute approximate surface area is 83.3 Å². The molecule has 0 spiro atoms. The van der Waals surface area contributed by atoms with Crippen LogP contribution in [-0.2, 0) is 17.6 Å². The maximum absolute atomic E-state index is 10.8. The number of primary amides is 1. The summed E-state index contributed by atoms with van der Waals surface area (Å²) >= 11 is 0. The standard InChI is InChI=1S/C11H14N2O/c12-10(14)7-9-4-1-3-8-5-2-6-13-11(8)9/h1,3-4,13H,2,5-7H2,(H2,12,14). The van der Waals surface area contributed by atoms with Gasteiger partial charge < -0.3 is 11.1 Å². The van der Waals surface area contributed by atoms with Gasteiger partial charge in [-0.2, -0.15) is 0 Å². The predicted molar refractivity (Wildman–Crippen MR) is 56.2 cm³/mol. The Morgan fingerprint density at radius 1 is 1.50 bits per heavy atom. The van der Waals surface area contributed by atoms with Crippen LogP contribution in [0.3, 0.4) is 0 Å². The third-order valence-corrected chi connectivity index (χ3v) is 2.53. The number of hydrogen-bond donors (Lipinski definition) is 2. The van der Waals surface area contributed by atoms with E-state index in [1.54, 1.807) is 0 Å². The molecule has 3 heteroatoms. The van der Waals surface area contributed by atoms with E-state index in [-0.39, 0.29) is 5.91 Å². The van der Waals surface area contributed by atoms with Crippen molar-refractivity contribution in [3.63, 3.8) is 0 Å². The lowest BCUT2D eigenvalue weighted by Gasteiger charge is -2.20. The summed E-state index contributed by atoms with van der Waals surface area (Å²) in [5, 5.41) is 3.33. The van der Waals surface area contributed by atoms with Crippen LogP contribution in [0.1, 0.15) is 17.5 Å². The van der Waals surface area contributed by atoms with Crippen LogP contribution in [0.5, 0.6) is 0 Å². The first kappa shape index (κ1) is 9.06. The van der Waals surface area contributed by atoms with E-state index in [1.165, 1.54) is 5.56 Å². The lowest BCUT2D eigenvalue weighted by atomic mass is 9.98. The molecular weight excluding hydrogens is 176 g/mol. The van der Waals surface area contributed by atoms with Crippen molar-refractivity contribution in [3.8, 4) is 0 Å². The van der Waals surface area contributed by atoms with Crippen molar-refractivity contribution in [3.05, 3.63) is 29.3 Å². The number of rotatable bonds is 2. The van der Waals surface area contributed by atoms with E-state index in [0.29, 0.717) is 6.42 Å². The Bertz CT molecular complexity index is 360. The zero-order chi connectivity index (χ0) is 9.97. The minimum absolute atomic E-state index is 0.272. The minimum atomic E-state index is -0.272. The summed E-state index contributed by atoms with van der Waals surface area (Å²) in [5.74, 6) is -0.272. The maximum atomic E-state index is 10.8. The summed E-state index contributed by atoms with van der Waals surface area (Å²) in [6.45, 7) is 0.989. The maximum Gasteiger partial charge on any atom is 0.221 e. The van der Waals surface area contributed by atoms with Crippen molar-refractivity contribution in [2.45, 2.75) is 19.3 Å². The zero-order valence-corrected chi connectivity index (χ0v) is 8.05. The lowest BCUT2D eigenvalue weighted by molar-refractivity contribution is -0.117. The monoisotopic (exact) mass is 190 g/mol. The molecule has 1 heterocycles. The van der Waals surface area contributed by atoms with Crippen LogP contribution >= 0.6 is 0 Å². The number of para-hydroxylation sites is 1. The van der Waals surface area contributed by atoms with Gasteiger partial charge in [0, 0.05) is 12.2 Å². The molecule has 0 atom stereocenters. The summed E-state index contributed by atoms with van der Waals surface area (Å²) in [6, 6.07) is 6.05. The van der Waals surface area contributed by atoms with Crippen LogP contribution in [-0.4, -0.2) is 12.5 Å². The second-order valence-corrected chi connectivity index (χ2v) is 3.62. The summed E-state index contributed by atoms with van der Waals surface area (Å²) in [4.78, 5) is 10.8. The van der Waals surface area contributed by atoms with Crippen molar-refractivity contribution in [1.29, 1.82) is 0 Å². The van der Waals surface area contributed by atoms with Gasteiger partial charge in [0.1, 0.15) is 0 Å². The quantitative estimate of drug-likeness (QED) is 0.733. The number of hydrogen-bond acceptors (Lipinski definition) is 2. The highest BCUT2D eigenvalue weighted by Gasteiger charge is 2.12. The summed E-state index contributed by atoms with van der Waals surface area (Å²) in [7, 11) is 0. The first-order valence-corrected chi connectivity index (χ1v) is 4.90. The van der Waals surface area contributed by atoms with E-state index in [9.17, 15) is 4.79 Å². The minimum Gasteiger partial charge on any atom is -0.385 e. The van der Waals surface area contributed by atoms with Crippen molar-refractivity contribution < 1.29 is 4.79 Å². The highest BCUT2D eigenvalue weighted by molar-refractivity contribution is 5.79. The topological polar surface area (TPSA) is 55.1 Å². The summed E-state index contributed by atoms with van der Waals surface area (Å²) < 4.78 is 0. The number of benzene rings is 1. The fraction of sp³-hybridized carbons (Fsp3) is 0.364. The molecule has 0 aliphatic carbocycles. The molecule has 0 aromatic heterocycles. The van der Waals surface area contributed by atoms with Gasteiger partial charge in [0.05, 0.1) is 6.42 Å². The van der Waals surface area contributed by atoms with Crippen LogP contribution < -0.4 is 11.1 Å². The number of nitrogens with two attached hydrogens (primary N) is 1. The third kappa shape index (κ3) is 1.71. The van der Waals surface area contributed by atoms with Gasteiger partial charge in [-0.1, -0.05) is 18.2 Å². The van der Waals surface area contributed by atoms with Gasteiger partial charge in [-0.3, -0.25) is 4.79 Å². The van der Waals surface area contributed by atoms with E-state index in [1.807, 2.05) is 12.1 Å². The van der Waals surface area contributed by atoms with Crippen molar-refractivity contribution >= 4 is 11.6 Å². The highest BCUT2D eigenvalue weighted by atomic mass is 16.1. The fourth-order valence-electron chi connectivity index (χ4n) is 1.92. The molecule has 0 unspecified atom stereocenters. The first-order valence-electron chi connectivity index (χ1n) is 4.90. The fourth-order valence-corrected chi connectivity index (χ4v) is 1.92. The first-order chi connectivity index (χ1) is 6.77. The van der Waals surface area contributed by atoms with Gasteiger partial charge in [-0.15, -0.1) is 0 Å². The third-order valence-electron chi connectivity index (χ3n) is 2.53. The van der Waals surface area contributed by atoms with Crippen molar-refractivity contribution in [1.82, 2.24) is 0 Å². The van der Waals surface area contributed by atoms with Gasteiger partial charge in [-0.25, -0.2) is 0 Å². The Kier molecular flexibility index (Phi) is 2.39. The van der Waals surface area contributed by atoms with Crippen LogP contribution in [0.15, 0.2) is 18.2 Å². The number of anilines is 1. The molecule has 1 aromatic rings. The molecule has 0 saturated heterocycles.